The quantitative estimate of drug-likeness (QED) is 0.322. The lowest BCUT2D eigenvalue weighted by molar-refractivity contribution is 0.0323. The van der Waals surface area contributed by atoms with Crippen molar-refractivity contribution in [3.8, 4) is 11.4 Å². The van der Waals surface area contributed by atoms with E-state index in [1.54, 1.807) is 0 Å². The van der Waals surface area contributed by atoms with Crippen LogP contribution in [-0.2, 0) is 10.2 Å². The molecule has 1 atom stereocenters. The van der Waals surface area contributed by atoms with Crippen molar-refractivity contribution >= 4 is 22.5 Å². The number of aromatic nitrogens is 2. The molecule has 1 aromatic heterocycles. The molecule has 1 N–H and O–H groups in total. The van der Waals surface area contributed by atoms with Gasteiger partial charge in [-0.3, -0.25) is 9.80 Å². The molecule has 0 spiro atoms. The van der Waals surface area contributed by atoms with Crippen LogP contribution in [0.25, 0.3) is 16.5 Å². The molecule has 41 heavy (non-hydrogen) atoms. The van der Waals surface area contributed by atoms with Crippen LogP contribution < -0.4 is 15.0 Å². The number of hydrogen-bond donors (Lipinski definition) is 1. The van der Waals surface area contributed by atoms with Gasteiger partial charge in [-0.1, -0.05) is 62.7 Å². The molecule has 214 valence electrons. The van der Waals surface area contributed by atoms with Gasteiger partial charge in [0, 0.05) is 42.4 Å². The molecule has 2 aliphatic rings. The summed E-state index contributed by atoms with van der Waals surface area (Å²) in [5.41, 5.74) is 4.85. The molecule has 3 heterocycles. The van der Waals surface area contributed by atoms with E-state index >= 15 is 0 Å². The molecule has 6 rings (SSSR count). The van der Waals surface area contributed by atoms with Crippen molar-refractivity contribution in [2.75, 3.05) is 50.9 Å². The summed E-state index contributed by atoms with van der Waals surface area (Å²) in [4.78, 5) is 17.7. The molecule has 8 heteroatoms. The SMILES string of the molecule is Cc1ccc(-n2nc(C(C)(C)C)cc2C2CNC(=O)N2c2ccc(OCCN3CCOCC3)c3ccccc23)cc1. The smallest absolute Gasteiger partial charge is 0.322 e. The third-order valence-electron chi connectivity index (χ3n) is 7.99. The van der Waals surface area contributed by atoms with Gasteiger partial charge in [-0.15, -0.1) is 0 Å². The Kier molecular flexibility index (Phi) is 7.45. The number of morpholine rings is 1. The molecule has 4 aromatic rings. The Morgan fingerprint density at radius 2 is 1.73 bits per heavy atom. The number of anilines is 1. The Morgan fingerprint density at radius 1 is 1.00 bits per heavy atom. The van der Waals surface area contributed by atoms with Crippen molar-refractivity contribution in [1.82, 2.24) is 20.0 Å². The van der Waals surface area contributed by atoms with Crippen molar-refractivity contribution in [3.05, 3.63) is 83.7 Å². The first-order valence-corrected chi connectivity index (χ1v) is 14.5. The van der Waals surface area contributed by atoms with Crippen molar-refractivity contribution < 1.29 is 14.3 Å². The van der Waals surface area contributed by atoms with Crippen LogP contribution in [-0.4, -0.2) is 66.7 Å². The van der Waals surface area contributed by atoms with E-state index in [4.69, 9.17) is 14.6 Å². The minimum atomic E-state index is -0.233. The van der Waals surface area contributed by atoms with Gasteiger partial charge in [0.15, 0.2) is 0 Å². The second-order valence-corrected chi connectivity index (χ2v) is 12.0. The van der Waals surface area contributed by atoms with Gasteiger partial charge in [0.25, 0.3) is 0 Å². The predicted molar refractivity (Wildman–Crippen MR) is 162 cm³/mol. The molecule has 2 fully saturated rings. The Balaban J connectivity index is 1.36. The van der Waals surface area contributed by atoms with E-state index < -0.39 is 0 Å². The molecule has 0 aliphatic carbocycles. The van der Waals surface area contributed by atoms with E-state index in [0.29, 0.717) is 13.2 Å². The number of rotatable bonds is 7. The number of carbonyl (C=O) groups excluding carboxylic acids is 1. The number of aryl methyl sites for hydroxylation is 1. The van der Waals surface area contributed by atoms with E-state index in [2.05, 4.69) is 80.4 Å². The highest BCUT2D eigenvalue weighted by Gasteiger charge is 2.37. The van der Waals surface area contributed by atoms with Gasteiger partial charge in [-0.05, 0) is 37.3 Å². The number of benzene rings is 3. The minimum absolute atomic E-state index is 0.116. The van der Waals surface area contributed by atoms with Crippen LogP contribution in [0.1, 0.15) is 43.8 Å². The summed E-state index contributed by atoms with van der Waals surface area (Å²) < 4.78 is 13.8. The molecular formula is C33H39N5O3. The average Bonchev–Trinajstić information content (AvgIpc) is 3.58. The Labute approximate surface area is 241 Å². The van der Waals surface area contributed by atoms with Gasteiger partial charge >= 0.3 is 6.03 Å². The average molecular weight is 554 g/mol. The summed E-state index contributed by atoms with van der Waals surface area (Å²) >= 11 is 0. The Hall–Kier alpha value is -3.88. The largest absolute Gasteiger partial charge is 0.492 e. The zero-order chi connectivity index (χ0) is 28.6. The Bertz CT molecular complexity index is 1530. The second kappa shape index (κ2) is 11.2. The maximum absolute atomic E-state index is 13.5. The molecule has 3 aromatic carbocycles. The summed E-state index contributed by atoms with van der Waals surface area (Å²) in [6, 6.07) is 22.4. The minimum Gasteiger partial charge on any atom is -0.492 e. The summed E-state index contributed by atoms with van der Waals surface area (Å²) in [6.45, 7) is 13.9. The van der Waals surface area contributed by atoms with E-state index in [0.717, 1.165) is 72.1 Å². The molecule has 1 unspecified atom stereocenters. The van der Waals surface area contributed by atoms with E-state index in [1.165, 1.54) is 5.56 Å². The lowest BCUT2D eigenvalue weighted by Crippen LogP contribution is -2.38. The number of ether oxygens (including phenoxy) is 2. The van der Waals surface area contributed by atoms with Crippen LogP contribution in [0.3, 0.4) is 0 Å². The molecule has 2 amide bonds. The van der Waals surface area contributed by atoms with Crippen molar-refractivity contribution in [1.29, 1.82) is 0 Å². The summed E-state index contributed by atoms with van der Waals surface area (Å²) in [6.07, 6.45) is 0. The maximum atomic E-state index is 13.5. The summed E-state index contributed by atoms with van der Waals surface area (Å²) in [5, 5.41) is 10.1. The third kappa shape index (κ3) is 5.54. The number of carbonyl (C=O) groups is 1. The molecule has 0 saturated carbocycles. The summed E-state index contributed by atoms with van der Waals surface area (Å²) in [5.74, 6) is 0.827. The van der Waals surface area contributed by atoms with E-state index in [-0.39, 0.29) is 17.5 Å². The van der Waals surface area contributed by atoms with Crippen LogP contribution in [0.5, 0.6) is 5.75 Å². The number of fused-ring (bicyclic) bond motifs is 1. The number of hydrogen-bond acceptors (Lipinski definition) is 5. The lowest BCUT2D eigenvalue weighted by atomic mass is 9.92. The lowest BCUT2D eigenvalue weighted by Gasteiger charge is -2.27. The fraction of sp³-hybridized carbons (Fsp3) is 0.394. The highest BCUT2D eigenvalue weighted by atomic mass is 16.5. The fourth-order valence-corrected chi connectivity index (χ4v) is 5.61. The molecule has 2 aliphatic heterocycles. The molecule has 0 bridgehead atoms. The topological polar surface area (TPSA) is 71.9 Å². The van der Waals surface area contributed by atoms with Gasteiger partial charge in [0.05, 0.1) is 42.0 Å². The van der Waals surface area contributed by atoms with Crippen molar-refractivity contribution in [2.45, 2.75) is 39.2 Å². The van der Waals surface area contributed by atoms with E-state index in [9.17, 15) is 4.79 Å². The monoisotopic (exact) mass is 553 g/mol. The van der Waals surface area contributed by atoms with Crippen LogP contribution in [0.2, 0.25) is 0 Å². The highest BCUT2D eigenvalue weighted by molar-refractivity contribution is 6.06. The molecular weight excluding hydrogens is 514 g/mol. The molecule has 2 saturated heterocycles. The number of nitrogens with zero attached hydrogens (tertiary/aromatic N) is 4. The van der Waals surface area contributed by atoms with Gasteiger partial charge in [-0.2, -0.15) is 5.10 Å². The van der Waals surface area contributed by atoms with Crippen LogP contribution in [0.15, 0.2) is 66.7 Å². The first kappa shape index (κ1) is 27.3. The first-order valence-electron chi connectivity index (χ1n) is 14.5. The van der Waals surface area contributed by atoms with Crippen LogP contribution in [0, 0.1) is 6.92 Å². The number of urea groups is 1. The summed E-state index contributed by atoms with van der Waals surface area (Å²) in [7, 11) is 0. The van der Waals surface area contributed by atoms with Crippen molar-refractivity contribution in [2.24, 2.45) is 0 Å². The zero-order valence-electron chi connectivity index (χ0n) is 24.4. The van der Waals surface area contributed by atoms with Gasteiger partial charge < -0.3 is 14.8 Å². The highest BCUT2D eigenvalue weighted by Crippen LogP contribution is 2.40. The van der Waals surface area contributed by atoms with Gasteiger partial charge in [0.2, 0.25) is 0 Å². The van der Waals surface area contributed by atoms with Crippen LogP contribution >= 0.6 is 0 Å². The van der Waals surface area contributed by atoms with Gasteiger partial charge in [-0.25, -0.2) is 9.48 Å². The molecule has 0 radical (unpaired) electrons. The maximum Gasteiger partial charge on any atom is 0.322 e. The zero-order valence-corrected chi connectivity index (χ0v) is 24.4. The first-order chi connectivity index (χ1) is 19.8. The number of amides is 2. The molecule has 8 nitrogen and oxygen atoms in total. The van der Waals surface area contributed by atoms with Gasteiger partial charge in [0.1, 0.15) is 12.4 Å². The normalized spacial score (nSPS) is 18.2. The second-order valence-electron chi connectivity index (χ2n) is 12.0. The van der Waals surface area contributed by atoms with E-state index in [1.807, 2.05) is 33.8 Å². The van der Waals surface area contributed by atoms with Crippen molar-refractivity contribution in [3.63, 3.8) is 0 Å². The predicted octanol–water partition coefficient (Wildman–Crippen LogP) is 5.61. The number of nitrogens with one attached hydrogen (secondary N) is 1. The Morgan fingerprint density at radius 3 is 2.46 bits per heavy atom. The standard InChI is InChI=1S/C33H39N5O3/c1-23-9-11-24(12-10-23)38-28(21-31(35-38)33(2,3)4)29-22-34-32(39)37(29)27-13-14-30(26-8-6-5-7-25(26)27)41-20-17-36-15-18-40-19-16-36/h5-14,21,29H,15-20,22H2,1-4H3,(H,34,39). The van der Waals surface area contributed by atoms with Crippen LogP contribution in [0.4, 0.5) is 10.5 Å². The fourth-order valence-electron chi connectivity index (χ4n) is 5.61. The third-order valence-corrected chi connectivity index (χ3v) is 7.99.